The second-order valence-corrected chi connectivity index (χ2v) is 4.07. The van der Waals surface area contributed by atoms with Crippen molar-refractivity contribution in [2.45, 2.75) is 13.3 Å². The van der Waals surface area contributed by atoms with Crippen molar-refractivity contribution in [3.05, 3.63) is 35.8 Å². The second kappa shape index (κ2) is 4.03. The molecule has 0 saturated heterocycles. The third-order valence-electron chi connectivity index (χ3n) is 2.61. The SMILES string of the molecule is CC(CN)Cc1cc2cc(F)ccc2[nH]1. The number of rotatable bonds is 3. The van der Waals surface area contributed by atoms with Crippen LogP contribution in [-0.4, -0.2) is 11.5 Å². The van der Waals surface area contributed by atoms with Crippen molar-refractivity contribution < 1.29 is 4.39 Å². The zero-order valence-corrected chi connectivity index (χ0v) is 8.76. The van der Waals surface area contributed by atoms with E-state index in [0.717, 1.165) is 23.0 Å². The van der Waals surface area contributed by atoms with Gasteiger partial charge >= 0.3 is 0 Å². The molecule has 0 aliphatic rings. The highest BCUT2D eigenvalue weighted by atomic mass is 19.1. The summed E-state index contributed by atoms with van der Waals surface area (Å²) >= 11 is 0. The van der Waals surface area contributed by atoms with E-state index in [1.165, 1.54) is 6.07 Å². The monoisotopic (exact) mass is 206 g/mol. The molecule has 0 fully saturated rings. The molecule has 3 N–H and O–H groups in total. The predicted octanol–water partition coefficient (Wildman–Crippen LogP) is 2.44. The number of fused-ring (bicyclic) bond motifs is 1. The number of aromatic amines is 1. The number of hydrogen-bond donors (Lipinski definition) is 2. The van der Waals surface area contributed by atoms with E-state index in [2.05, 4.69) is 11.9 Å². The lowest BCUT2D eigenvalue weighted by Crippen LogP contribution is -2.13. The summed E-state index contributed by atoms with van der Waals surface area (Å²) in [4.78, 5) is 3.27. The molecule has 1 atom stereocenters. The minimum absolute atomic E-state index is 0.195. The first kappa shape index (κ1) is 10.2. The number of aromatic nitrogens is 1. The number of benzene rings is 1. The van der Waals surface area contributed by atoms with Crippen LogP contribution >= 0.6 is 0 Å². The fraction of sp³-hybridized carbons (Fsp3) is 0.333. The van der Waals surface area contributed by atoms with E-state index >= 15 is 0 Å². The van der Waals surface area contributed by atoms with Gasteiger partial charge in [0.25, 0.3) is 0 Å². The molecule has 1 unspecified atom stereocenters. The molecule has 2 aromatic rings. The van der Waals surface area contributed by atoms with Crippen LogP contribution in [0, 0.1) is 11.7 Å². The molecule has 1 aromatic carbocycles. The molecule has 80 valence electrons. The van der Waals surface area contributed by atoms with E-state index in [0.29, 0.717) is 12.5 Å². The number of H-pyrrole nitrogens is 1. The molecule has 15 heavy (non-hydrogen) atoms. The van der Waals surface area contributed by atoms with Crippen molar-refractivity contribution in [2.75, 3.05) is 6.54 Å². The molecule has 3 heteroatoms. The molecule has 2 nitrogen and oxygen atoms in total. The minimum Gasteiger partial charge on any atom is -0.358 e. The van der Waals surface area contributed by atoms with Crippen molar-refractivity contribution >= 4 is 10.9 Å². The Morgan fingerprint density at radius 1 is 1.40 bits per heavy atom. The third kappa shape index (κ3) is 2.18. The summed E-state index contributed by atoms with van der Waals surface area (Å²) in [6, 6.07) is 6.77. The number of nitrogens with one attached hydrogen (secondary N) is 1. The molecule has 0 aliphatic carbocycles. The standard InChI is InChI=1S/C12H15FN2/c1-8(7-14)4-11-6-9-5-10(13)2-3-12(9)15-11/h2-3,5-6,8,15H,4,7,14H2,1H3. The van der Waals surface area contributed by atoms with Crippen LogP contribution in [-0.2, 0) is 6.42 Å². The van der Waals surface area contributed by atoms with Crippen molar-refractivity contribution in [1.29, 1.82) is 0 Å². The fourth-order valence-corrected chi connectivity index (χ4v) is 1.73. The minimum atomic E-state index is -0.195. The lowest BCUT2D eigenvalue weighted by atomic mass is 10.1. The van der Waals surface area contributed by atoms with Crippen LogP contribution in [0.4, 0.5) is 4.39 Å². The molecular formula is C12H15FN2. The molecule has 0 aliphatic heterocycles. The Bertz CT molecular complexity index is 462. The fourth-order valence-electron chi connectivity index (χ4n) is 1.73. The smallest absolute Gasteiger partial charge is 0.123 e. The maximum absolute atomic E-state index is 12.9. The Balaban J connectivity index is 2.30. The molecule has 0 radical (unpaired) electrons. The first-order valence-electron chi connectivity index (χ1n) is 5.16. The maximum atomic E-state index is 12.9. The summed E-state index contributed by atoms with van der Waals surface area (Å²) in [6.07, 6.45) is 0.910. The van der Waals surface area contributed by atoms with Gasteiger partial charge in [0.15, 0.2) is 0 Å². The van der Waals surface area contributed by atoms with Crippen molar-refractivity contribution in [2.24, 2.45) is 11.7 Å². The predicted molar refractivity (Wildman–Crippen MR) is 60.2 cm³/mol. The average Bonchev–Trinajstić information content (AvgIpc) is 2.59. The molecular weight excluding hydrogens is 191 g/mol. The Labute approximate surface area is 88.3 Å². The Morgan fingerprint density at radius 2 is 2.20 bits per heavy atom. The van der Waals surface area contributed by atoms with Crippen molar-refractivity contribution in [3.63, 3.8) is 0 Å². The highest BCUT2D eigenvalue weighted by Crippen LogP contribution is 2.18. The molecule has 0 saturated carbocycles. The van der Waals surface area contributed by atoms with Gasteiger partial charge in [0.1, 0.15) is 5.82 Å². The first-order chi connectivity index (χ1) is 7.19. The molecule has 0 spiro atoms. The summed E-state index contributed by atoms with van der Waals surface area (Å²) < 4.78 is 12.9. The van der Waals surface area contributed by atoms with Gasteiger partial charge in [0, 0.05) is 16.6 Å². The second-order valence-electron chi connectivity index (χ2n) is 4.07. The largest absolute Gasteiger partial charge is 0.358 e. The van der Waals surface area contributed by atoms with Gasteiger partial charge in [0.05, 0.1) is 0 Å². The third-order valence-corrected chi connectivity index (χ3v) is 2.61. The van der Waals surface area contributed by atoms with E-state index in [1.54, 1.807) is 12.1 Å². The van der Waals surface area contributed by atoms with Crippen LogP contribution in [0.25, 0.3) is 10.9 Å². The number of nitrogens with two attached hydrogens (primary N) is 1. The zero-order chi connectivity index (χ0) is 10.8. The quantitative estimate of drug-likeness (QED) is 0.795. The van der Waals surface area contributed by atoms with Crippen molar-refractivity contribution in [3.8, 4) is 0 Å². The average molecular weight is 206 g/mol. The molecule has 0 amide bonds. The Morgan fingerprint density at radius 3 is 2.93 bits per heavy atom. The number of hydrogen-bond acceptors (Lipinski definition) is 1. The van der Waals surface area contributed by atoms with E-state index in [1.807, 2.05) is 6.07 Å². The van der Waals surface area contributed by atoms with Gasteiger partial charge in [-0.05, 0) is 43.1 Å². The van der Waals surface area contributed by atoms with E-state index in [9.17, 15) is 4.39 Å². The Hall–Kier alpha value is -1.35. The summed E-state index contributed by atoms with van der Waals surface area (Å²) in [5, 5.41) is 0.925. The Kier molecular flexibility index (Phi) is 2.73. The zero-order valence-electron chi connectivity index (χ0n) is 8.76. The van der Waals surface area contributed by atoms with Gasteiger partial charge < -0.3 is 10.7 Å². The summed E-state index contributed by atoms with van der Waals surface area (Å²) in [5.74, 6) is 0.253. The maximum Gasteiger partial charge on any atom is 0.123 e. The van der Waals surface area contributed by atoms with Gasteiger partial charge in [0.2, 0.25) is 0 Å². The van der Waals surface area contributed by atoms with E-state index < -0.39 is 0 Å². The molecule has 1 aromatic heterocycles. The van der Waals surface area contributed by atoms with Crippen LogP contribution in [0.5, 0.6) is 0 Å². The van der Waals surface area contributed by atoms with Gasteiger partial charge in [-0.15, -0.1) is 0 Å². The van der Waals surface area contributed by atoms with Crippen LogP contribution in [0.3, 0.4) is 0 Å². The molecule has 1 heterocycles. The summed E-state index contributed by atoms with van der Waals surface area (Å²) in [5.41, 5.74) is 7.67. The highest BCUT2D eigenvalue weighted by Gasteiger charge is 2.05. The van der Waals surface area contributed by atoms with Gasteiger partial charge in [-0.25, -0.2) is 4.39 Å². The molecule has 0 bridgehead atoms. The highest BCUT2D eigenvalue weighted by molar-refractivity contribution is 5.80. The topological polar surface area (TPSA) is 41.8 Å². The lowest BCUT2D eigenvalue weighted by Gasteiger charge is -2.04. The summed E-state index contributed by atoms with van der Waals surface area (Å²) in [6.45, 7) is 2.77. The first-order valence-corrected chi connectivity index (χ1v) is 5.16. The van der Waals surface area contributed by atoms with Gasteiger partial charge in [-0.3, -0.25) is 0 Å². The van der Waals surface area contributed by atoms with Crippen LogP contribution in [0.2, 0.25) is 0 Å². The normalized spacial score (nSPS) is 13.3. The van der Waals surface area contributed by atoms with E-state index in [-0.39, 0.29) is 5.82 Å². The van der Waals surface area contributed by atoms with Crippen LogP contribution in [0.15, 0.2) is 24.3 Å². The van der Waals surface area contributed by atoms with E-state index in [4.69, 9.17) is 5.73 Å². The van der Waals surface area contributed by atoms with Crippen LogP contribution in [0.1, 0.15) is 12.6 Å². The van der Waals surface area contributed by atoms with Gasteiger partial charge in [-0.1, -0.05) is 6.92 Å². The lowest BCUT2D eigenvalue weighted by molar-refractivity contribution is 0.586. The van der Waals surface area contributed by atoms with Gasteiger partial charge in [-0.2, -0.15) is 0 Å². The summed E-state index contributed by atoms with van der Waals surface area (Å²) in [7, 11) is 0. The molecule has 2 rings (SSSR count). The van der Waals surface area contributed by atoms with Crippen LogP contribution < -0.4 is 5.73 Å². The number of halogens is 1. The van der Waals surface area contributed by atoms with Crippen molar-refractivity contribution in [1.82, 2.24) is 4.98 Å².